The van der Waals surface area contributed by atoms with Crippen LogP contribution in [-0.2, 0) is 29.5 Å². The summed E-state index contributed by atoms with van der Waals surface area (Å²) in [5.41, 5.74) is 3.34. The topological polar surface area (TPSA) is 92.9 Å². The van der Waals surface area contributed by atoms with Gasteiger partial charge in [-0.3, -0.25) is 0 Å². The van der Waals surface area contributed by atoms with Crippen molar-refractivity contribution in [1.29, 1.82) is 0 Å². The summed E-state index contributed by atoms with van der Waals surface area (Å²) in [5.74, 6) is 0.647. The lowest BCUT2D eigenvalue weighted by Crippen LogP contribution is -2.29. The molecule has 186 valence electrons. The highest BCUT2D eigenvalue weighted by Crippen LogP contribution is 2.39. The van der Waals surface area contributed by atoms with Crippen molar-refractivity contribution in [3.05, 3.63) is 120 Å². The summed E-state index contributed by atoms with van der Waals surface area (Å²) in [6.07, 6.45) is 1.49. The predicted molar refractivity (Wildman–Crippen MR) is 143 cm³/mol. The Morgan fingerprint density at radius 2 is 1.22 bits per heavy atom. The Bertz CT molecular complexity index is 1320. The molecule has 0 radical (unpaired) electrons. The van der Waals surface area contributed by atoms with Gasteiger partial charge in [-0.15, -0.1) is 0 Å². The smallest absolute Gasteiger partial charge is 0.241 e. The Hall–Kier alpha value is -3.65. The zero-order valence-electron chi connectivity index (χ0n) is 20.0. The molecule has 0 heterocycles. The molecule has 0 aromatic heterocycles. The van der Waals surface area contributed by atoms with Crippen molar-refractivity contribution in [1.82, 2.24) is 0 Å². The van der Waals surface area contributed by atoms with E-state index in [0.717, 1.165) is 24.0 Å². The molecule has 4 aromatic rings. The number of benzene rings is 4. The monoisotopic (exact) mass is 502 g/mol. The van der Waals surface area contributed by atoms with E-state index in [1.54, 1.807) is 18.2 Å². The number of nitrogens with zero attached hydrogens (tertiary/aromatic N) is 1. The number of para-hydroxylation sites is 1. The highest BCUT2D eigenvalue weighted by atomic mass is 32.2. The number of ether oxygens (including phenoxy) is 1. The zero-order chi connectivity index (χ0) is 25.4. The third-order valence-electron chi connectivity index (χ3n) is 5.91. The molecule has 0 aliphatic carbocycles. The summed E-state index contributed by atoms with van der Waals surface area (Å²) in [7, 11) is -4.14. The van der Waals surface area contributed by atoms with Gasteiger partial charge in [0.25, 0.3) is 0 Å². The van der Waals surface area contributed by atoms with E-state index in [2.05, 4.69) is 29.2 Å². The average Bonchev–Trinajstić information content (AvgIpc) is 2.90. The van der Waals surface area contributed by atoms with Gasteiger partial charge in [0.2, 0.25) is 10.0 Å². The number of anilines is 1. The normalized spacial score (nSPS) is 11.3. The van der Waals surface area contributed by atoms with Crippen LogP contribution < -0.4 is 14.8 Å². The lowest BCUT2D eigenvalue weighted by molar-refractivity contribution is 0.281. The summed E-state index contributed by atoms with van der Waals surface area (Å²) in [6.45, 7) is 0.897. The van der Waals surface area contributed by atoms with E-state index in [1.807, 2.05) is 54.6 Å². The second-order valence-corrected chi connectivity index (χ2v) is 10.0. The molecule has 0 unspecified atom stereocenters. The molecule has 0 aliphatic rings. The summed E-state index contributed by atoms with van der Waals surface area (Å²) in [4.78, 5) is 1.95. The molecule has 0 saturated heterocycles. The molecule has 3 N–H and O–H groups in total. The second kappa shape index (κ2) is 11.9. The molecule has 4 rings (SSSR count). The van der Waals surface area contributed by atoms with Crippen LogP contribution in [0.5, 0.6) is 11.5 Å². The van der Waals surface area contributed by atoms with Crippen LogP contribution in [0.1, 0.15) is 16.7 Å². The quantitative estimate of drug-likeness (QED) is 0.304. The van der Waals surface area contributed by atoms with Crippen molar-refractivity contribution in [3.63, 3.8) is 0 Å². The minimum atomic E-state index is -4.14. The van der Waals surface area contributed by atoms with E-state index in [0.29, 0.717) is 30.1 Å². The van der Waals surface area contributed by atoms with Crippen LogP contribution in [0.3, 0.4) is 0 Å². The fraction of sp³-hybridized carbons (Fsp3) is 0.172. The first-order valence-corrected chi connectivity index (χ1v) is 13.3. The molecular formula is C29H30N2O4S. The van der Waals surface area contributed by atoms with Gasteiger partial charge < -0.3 is 14.7 Å². The van der Waals surface area contributed by atoms with Gasteiger partial charge >= 0.3 is 0 Å². The minimum absolute atomic E-state index is 0.155. The number of aliphatic hydroxyl groups excluding tert-OH is 1. The maximum atomic E-state index is 12.6. The minimum Gasteiger partial charge on any atom is -0.454 e. The number of nitrogens with two attached hydrogens (primary N) is 1. The van der Waals surface area contributed by atoms with Gasteiger partial charge in [0.15, 0.2) is 5.75 Å². The maximum Gasteiger partial charge on any atom is 0.241 e. The van der Waals surface area contributed by atoms with Crippen molar-refractivity contribution in [2.24, 2.45) is 5.14 Å². The van der Waals surface area contributed by atoms with Crippen LogP contribution >= 0.6 is 0 Å². The Balaban J connectivity index is 1.79. The van der Waals surface area contributed by atoms with Crippen molar-refractivity contribution in [3.8, 4) is 11.5 Å². The molecule has 6 nitrogen and oxygen atoms in total. The fourth-order valence-corrected chi connectivity index (χ4v) is 4.78. The van der Waals surface area contributed by atoms with Crippen LogP contribution in [-0.4, -0.2) is 26.6 Å². The molecule has 0 atom stereocenters. The van der Waals surface area contributed by atoms with E-state index in [-0.39, 0.29) is 17.3 Å². The Morgan fingerprint density at radius 3 is 1.69 bits per heavy atom. The van der Waals surface area contributed by atoms with Crippen LogP contribution in [0.4, 0.5) is 5.69 Å². The number of sulfonamides is 1. The molecule has 4 aromatic carbocycles. The molecule has 7 heteroatoms. The van der Waals surface area contributed by atoms with Gasteiger partial charge in [-0.2, -0.15) is 0 Å². The van der Waals surface area contributed by atoms with E-state index in [9.17, 15) is 13.5 Å². The number of rotatable bonds is 11. The third kappa shape index (κ3) is 6.73. The van der Waals surface area contributed by atoms with Gasteiger partial charge in [-0.1, -0.05) is 78.9 Å². The molecule has 36 heavy (non-hydrogen) atoms. The summed E-state index contributed by atoms with van der Waals surface area (Å²) < 4.78 is 31.5. The first-order valence-electron chi connectivity index (χ1n) is 11.8. The molecular weight excluding hydrogens is 472 g/mol. The Labute approximate surface area is 212 Å². The summed E-state index contributed by atoms with van der Waals surface area (Å²) in [6, 6.07) is 32.4. The first-order chi connectivity index (χ1) is 17.4. The molecule has 0 saturated carbocycles. The highest BCUT2D eigenvalue weighted by molar-refractivity contribution is 7.89. The Kier molecular flexibility index (Phi) is 8.38. The lowest BCUT2D eigenvalue weighted by atomic mass is 10.1. The highest BCUT2D eigenvalue weighted by Gasteiger charge is 2.24. The molecule has 0 aliphatic heterocycles. The zero-order valence-corrected chi connectivity index (χ0v) is 20.8. The summed E-state index contributed by atoms with van der Waals surface area (Å²) >= 11 is 0. The van der Waals surface area contributed by atoms with E-state index < -0.39 is 10.0 Å². The first kappa shape index (κ1) is 25.4. The second-order valence-electron chi connectivity index (χ2n) is 8.52. The van der Waals surface area contributed by atoms with E-state index in [1.165, 1.54) is 6.07 Å². The molecule has 0 bridgehead atoms. The van der Waals surface area contributed by atoms with Crippen LogP contribution in [0.15, 0.2) is 108 Å². The maximum absolute atomic E-state index is 12.6. The Morgan fingerprint density at radius 1 is 0.722 bits per heavy atom. The van der Waals surface area contributed by atoms with Crippen LogP contribution in [0.2, 0.25) is 0 Å². The van der Waals surface area contributed by atoms with E-state index >= 15 is 0 Å². The molecule has 0 amide bonds. The number of aliphatic hydroxyl groups is 1. The van der Waals surface area contributed by atoms with Gasteiger partial charge in [-0.25, -0.2) is 13.6 Å². The lowest BCUT2D eigenvalue weighted by Gasteiger charge is -2.29. The number of primary sulfonamides is 1. The van der Waals surface area contributed by atoms with Gasteiger partial charge in [0, 0.05) is 13.1 Å². The van der Waals surface area contributed by atoms with E-state index in [4.69, 9.17) is 9.88 Å². The van der Waals surface area contributed by atoms with Crippen molar-refractivity contribution in [2.45, 2.75) is 24.3 Å². The largest absolute Gasteiger partial charge is 0.454 e. The van der Waals surface area contributed by atoms with Gasteiger partial charge in [-0.05, 0) is 53.8 Å². The van der Waals surface area contributed by atoms with Crippen molar-refractivity contribution in [2.75, 3.05) is 18.0 Å². The SMILES string of the molecule is NS(=O)(=O)c1cc(CO)cc(N(CCc2ccccc2)CCc2ccccc2)c1Oc1ccccc1. The molecule has 0 spiro atoms. The third-order valence-corrected chi connectivity index (χ3v) is 6.83. The van der Waals surface area contributed by atoms with Gasteiger partial charge in [0.05, 0.1) is 12.3 Å². The summed E-state index contributed by atoms with van der Waals surface area (Å²) in [5, 5.41) is 15.6. The average molecular weight is 503 g/mol. The van der Waals surface area contributed by atoms with Crippen LogP contribution in [0, 0.1) is 0 Å². The van der Waals surface area contributed by atoms with Crippen molar-refractivity contribution < 1.29 is 18.3 Å². The van der Waals surface area contributed by atoms with Crippen LogP contribution in [0.25, 0.3) is 0 Å². The van der Waals surface area contributed by atoms with Crippen molar-refractivity contribution >= 4 is 15.7 Å². The fourth-order valence-electron chi connectivity index (χ4n) is 4.06. The predicted octanol–water partition coefficient (Wildman–Crippen LogP) is 4.91. The number of hydrogen-bond donors (Lipinski definition) is 2. The van der Waals surface area contributed by atoms with Gasteiger partial charge in [0.1, 0.15) is 10.6 Å². The number of hydrogen-bond acceptors (Lipinski definition) is 5. The standard InChI is InChI=1S/C29H30N2O4S/c30-36(33,34)28-21-25(22-32)20-27(29(28)35-26-14-8-3-9-15-26)31(18-16-23-10-4-1-5-11-23)19-17-24-12-6-2-7-13-24/h1-15,20-21,32H,16-19,22H2,(H2,30,33,34). The molecule has 0 fully saturated rings.